The third-order valence-electron chi connectivity index (χ3n) is 7.97. The maximum Gasteiger partial charge on any atom is 0.410 e. The zero-order chi connectivity index (χ0) is 33.4. The van der Waals surface area contributed by atoms with Crippen molar-refractivity contribution < 1.29 is 33.7 Å². The Labute approximate surface area is 271 Å². The minimum atomic E-state index is -0.734. The molecule has 2 saturated heterocycles. The lowest BCUT2D eigenvalue weighted by Crippen LogP contribution is -2.47. The van der Waals surface area contributed by atoms with Crippen molar-refractivity contribution in [3.63, 3.8) is 0 Å². The number of nitrogens with zero attached hydrogens (tertiary/aromatic N) is 6. The molecule has 0 unspecified atom stereocenters. The number of hydrogen-bond acceptors (Lipinski definition) is 11. The normalized spacial score (nSPS) is 19.3. The van der Waals surface area contributed by atoms with Crippen LogP contribution in [0, 0.1) is 26.1 Å². The molecule has 2 heterocycles. The van der Waals surface area contributed by atoms with Crippen molar-refractivity contribution in [1.82, 2.24) is 19.6 Å². The monoisotopic (exact) mass is 658 g/mol. The highest BCUT2D eigenvalue weighted by molar-refractivity contribution is 7.81. The molecule has 46 heavy (non-hydrogen) atoms. The molecule has 2 aliphatic rings. The second kappa shape index (κ2) is 15.7. The maximum absolute atomic E-state index is 13.6. The summed E-state index contributed by atoms with van der Waals surface area (Å²) < 4.78 is 11.0. The molecule has 0 radical (unpaired) electrons. The minimum Gasteiger partial charge on any atom is -0.445 e. The molecule has 0 N–H and O–H groups in total. The van der Waals surface area contributed by atoms with Crippen molar-refractivity contribution >= 4 is 42.1 Å². The van der Waals surface area contributed by atoms with Gasteiger partial charge in [-0.1, -0.05) is 0 Å². The fourth-order valence-electron chi connectivity index (χ4n) is 5.42. The molecule has 2 fully saturated rings. The Bertz CT molecular complexity index is 1410. The number of hydrogen-bond donors (Lipinski definition) is 1. The van der Waals surface area contributed by atoms with Crippen LogP contribution in [0.3, 0.4) is 0 Å². The van der Waals surface area contributed by atoms with E-state index in [9.17, 15) is 34.6 Å². The average molecular weight is 659 g/mol. The Balaban J connectivity index is 1.31. The van der Waals surface area contributed by atoms with Gasteiger partial charge in [-0.3, -0.25) is 29.9 Å². The largest absolute Gasteiger partial charge is 0.445 e. The first-order valence-electron chi connectivity index (χ1n) is 14.8. The van der Waals surface area contributed by atoms with Gasteiger partial charge in [-0.2, -0.15) is 12.6 Å². The number of ether oxygens (including phenoxy) is 2. The van der Waals surface area contributed by atoms with Gasteiger partial charge >= 0.3 is 12.2 Å². The smallest absolute Gasteiger partial charge is 0.410 e. The van der Waals surface area contributed by atoms with Crippen molar-refractivity contribution in [3.8, 4) is 0 Å². The van der Waals surface area contributed by atoms with E-state index in [0.29, 0.717) is 56.7 Å². The lowest BCUT2D eigenvalue weighted by atomic mass is 10.1. The molecule has 15 nitrogen and oxygen atoms in total. The molecular weight excluding hydrogens is 620 g/mol. The lowest BCUT2D eigenvalue weighted by Gasteiger charge is -2.28. The molecule has 2 aromatic carbocycles. The molecule has 0 spiro atoms. The second-order valence-electron chi connectivity index (χ2n) is 11.7. The van der Waals surface area contributed by atoms with Crippen molar-refractivity contribution in [3.05, 3.63) is 79.9 Å². The number of carbonyl (C=O) groups excluding carboxylic acids is 3. The first kappa shape index (κ1) is 34.4. The van der Waals surface area contributed by atoms with E-state index in [4.69, 9.17) is 9.47 Å². The highest BCUT2D eigenvalue weighted by Crippen LogP contribution is 2.28. The van der Waals surface area contributed by atoms with Crippen LogP contribution in [0.25, 0.3) is 0 Å². The van der Waals surface area contributed by atoms with Gasteiger partial charge in [-0.15, -0.1) is 0 Å². The Morgan fingerprint density at radius 2 is 1.46 bits per heavy atom. The number of carbonyl (C=O) groups is 3. The predicted octanol–water partition coefficient (Wildman–Crippen LogP) is 3.56. The van der Waals surface area contributed by atoms with Crippen molar-refractivity contribution in [1.29, 1.82) is 0 Å². The first-order valence-corrected chi connectivity index (χ1v) is 15.4. The van der Waals surface area contributed by atoms with Crippen LogP contribution in [0.1, 0.15) is 24.0 Å². The lowest BCUT2D eigenvalue weighted by molar-refractivity contribution is -0.385. The molecule has 248 valence electrons. The van der Waals surface area contributed by atoms with Crippen LogP contribution in [0.5, 0.6) is 0 Å². The van der Waals surface area contributed by atoms with E-state index in [0.717, 1.165) is 0 Å². The Hall–Kier alpha value is -4.44. The van der Waals surface area contributed by atoms with E-state index in [-0.39, 0.29) is 48.2 Å². The Morgan fingerprint density at radius 1 is 0.891 bits per heavy atom. The third-order valence-corrected chi connectivity index (χ3v) is 8.34. The fourth-order valence-corrected chi connectivity index (χ4v) is 5.80. The molecule has 3 atom stereocenters. The summed E-state index contributed by atoms with van der Waals surface area (Å²) in [5.41, 5.74) is 1.09. The summed E-state index contributed by atoms with van der Waals surface area (Å²) in [4.78, 5) is 67.1. The van der Waals surface area contributed by atoms with Crippen molar-refractivity contribution in [2.75, 3.05) is 53.4 Å². The standard InChI is InChI=1S/C30H38N6O9S/c1-31(2)13-14-33(29(38)44-19-21-3-7-24(8-4-21)35(40)41)17-23-11-12-32(16-23)28(37)27-15-26(46)18-34(27)30(39)45-20-22-5-9-25(10-6-22)36(42)43/h3-10,23,26-27,46H,11-20H2,1-2H3/t23-,26-,27-/m0/s1. The number of likely N-dealkylation sites (N-methyl/N-ethyl adjacent to an activating group) is 1. The van der Waals surface area contributed by atoms with Gasteiger partial charge in [-0.05, 0) is 68.2 Å². The fraction of sp³-hybridized carbons (Fsp3) is 0.500. The summed E-state index contributed by atoms with van der Waals surface area (Å²) in [5, 5.41) is 21.6. The van der Waals surface area contributed by atoms with Crippen molar-refractivity contribution in [2.45, 2.75) is 37.3 Å². The second-order valence-corrected chi connectivity index (χ2v) is 12.4. The van der Waals surface area contributed by atoms with Crippen LogP contribution in [-0.2, 0) is 27.5 Å². The maximum atomic E-state index is 13.6. The van der Waals surface area contributed by atoms with Crippen LogP contribution in [0.4, 0.5) is 21.0 Å². The minimum absolute atomic E-state index is 0.00576. The number of amides is 3. The van der Waals surface area contributed by atoms with E-state index >= 15 is 0 Å². The SMILES string of the molecule is CN(C)CCN(C[C@H]1CCN(C(=O)[C@@H]2C[C@H](S)CN2C(=O)OCc2ccc([N+](=O)[O-])cc2)C1)C(=O)OCc1ccc([N+](=O)[O-])cc1. The Kier molecular flexibility index (Phi) is 11.8. The van der Waals surface area contributed by atoms with E-state index in [2.05, 4.69) is 12.6 Å². The molecule has 2 aromatic rings. The predicted molar refractivity (Wildman–Crippen MR) is 169 cm³/mol. The number of benzene rings is 2. The number of likely N-dealkylation sites (tertiary alicyclic amines) is 2. The molecule has 4 rings (SSSR count). The van der Waals surface area contributed by atoms with Gasteiger partial charge in [0.15, 0.2) is 0 Å². The summed E-state index contributed by atoms with van der Waals surface area (Å²) in [6.45, 7) is 2.38. The number of thiol groups is 1. The highest BCUT2D eigenvalue weighted by atomic mass is 32.1. The Morgan fingerprint density at radius 3 is 2.00 bits per heavy atom. The molecule has 0 saturated carbocycles. The summed E-state index contributed by atoms with van der Waals surface area (Å²) in [6, 6.07) is 10.8. The number of rotatable bonds is 12. The van der Waals surface area contributed by atoms with E-state index in [1.807, 2.05) is 19.0 Å². The summed E-state index contributed by atoms with van der Waals surface area (Å²) in [7, 11) is 3.80. The molecule has 3 amide bonds. The molecular formula is C30H38N6O9S. The zero-order valence-corrected chi connectivity index (χ0v) is 26.6. The number of nitro benzene ring substituents is 2. The topological polar surface area (TPSA) is 169 Å². The zero-order valence-electron chi connectivity index (χ0n) is 25.7. The van der Waals surface area contributed by atoms with Crippen molar-refractivity contribution in [2.24, 2.45) is 5.92 Å². The average Bonchev–Trinajstić information content (AvgIpc) is 3.67. The summed E-state index contributed by atoms with van der Waals surface area (Å²) >= 11 is 4.52. The third kappa shape index (κ3) is 9.29. The summed E-state index contributed by atoms with van der Waals surface area (Å²) in [5.74, 6) is -0.208. The van der Waals surface area contributed by atoms with E-state index < -0.39 is 28.1 Å². The van der Waals surface area contributed by atoms with Crippen LogP contribution in [-0.4, -0.2) is 112 Å². The van der Waals surface area contributed by atoms with E-state index in [1.54, 1.807) is 21.9 Å². The van der Waals surface area contributed by atoms with Crippen LogP contribution in [0.15, 0.2) is 48.5 Å². The molecule has 16 heteroatoms. The van der Waals surface area contributed by atoms with Gasteiger partial charge in [0, 0.05) is 68.8 Å². The first-order chi connectivity index (χ1) is 21.9. The van der Waals surface area contributed by atoms with E-state index in [1.165, 1.54) is 41.3 Å². The number of nitro groups is 2. The van der Waals surface area contributed by atoms with Gasteiger partial charge in [0.25, 0.3) is 11.4 Å². The van der Waals surface area contributed by atoms with Gasteiger partial charge in [0.1, 0.15) is 19.3 Å². The molecule has 0 aliphatic carbocycles. The van der Waals surface area contributed by atoms with Gasteiger partial charge in [0.05, 0.1) is 9.85 Å². The van der Waals surface area contributed by atoms with Crippen LogP contribution in [0.2, 0.25) is 0 Å². The van der Waals surface area contributed by atoms with Crippen LogP contribution >= 0.6 is 12.6 Å². The number of non-ortho nitro benzene ring substituents is 2. The summed E-state index contributed by atoms with van der Waals surface area (Å²) in [6.07, 6.45) is -0.128. The quantitative estimate of drug-likeness (QED) is 0.202. The molecule has 0 bridgehead atoms. The molecule has 0 aromatic heterocycles. The highest BCUT2D eigenvalue weighted by Gasteiger charge is 2.42. The molecule has 2 aliphatic heterocycles. The van der Waals surface area contributed by atoms with Gasteiger partial charge < -0.3 is 24.2 Å². The van der Waals surface area contributed by atoms with Crippen LogP contribution < -0.4 is 0 Å². The van der Waals surface area contributed by atoms with Gasteiger partial charge in [-0.25, -0.2) is 9.59 Å². The van der Waals surface area contributed by atoms with Gasteiger partial charge in [0.2, 0.25) is 5.91 Å².